The maximum absolute atomic E-state index is 11.2. The molecule has 0 aliphatic carbocycles. The molecule has 1 amide bonds. The van der Waals surface area contributed by atoms with Gasteiger partial charge in [-0.05, 0) is 13.5 Å². The van der Waals surface area contributed by atoms with Crippen LogP contribution in [-0.2, 0) is 9.47 Å². The van der Waals surface area contributed by atoms with E-state index < -0.39 is 18.5 Å². The van der Waals surface area contributed by atoms with E-state index in [0.29, 0.717) is 13.0 Å². The number of rotatable bonds is 6. The highest BCUT2D eigenvalue weighted by Crippen LogP contribution is 2.23. The SMILES string of the molecule is C=CCOC(=O)NCC1C[C@H](CNC)C(O)[C@H](O)O1. The van der Waals surface area contributed by atoms with E-state index in [1.165, 1.54) is 6.08 Å². The number of carbonyl (C=O) groups excluding carboxylic acids is 1. The zero-order valence-corrected chi connectivity index (χ0v) is 11.0. The molecule has 7 heteroatoms. The Balaban J connectivity index is 2.37. The second-order valence-corrected chi connectivity index (χ2v) is 4.46. The summed E-state index contributed by atoms with van der Waals surface area (Å²) < 4.78 is 9.97. The number of ether oxygens (including phenoxy) is 2. The zero-order chi connectivity index (χ0) is 14.3. The Morgan fingerprint density at radius 2 is 2.26 bits per heavy atom. The van der Waals surface area contributed by atoms with E-state index in [0.717, 1.165) is 0 Å². The molecule has 1 heterocycles. The van der Waals surface area contributed by atoms with Crippen LogP contribution in [0.15, 0.2) is 12.7 Å². The first kappa shape index (κ1) is 15.9. The van der Waals surface area contributed by atoms with Gasteiger partial charge < -0.3 is 30.3 Å². The third-order valence-corrected chi connectivity index (χ3v) is 2.95. The molecule has 7 nitrogen and oxygen atoms in total. The molecule has 0 spiro atoms. The van der Waals surface area contributed by atoms with Gasteiger partial charge in [-0.1, -0.05) is 12.7 Å². The van der Waals surface area contributed by atoms with E-state index in [2.05, 4.69) is 17.2 Å². The number of hydrogen-bond acceptors (Lipinski definition) is 6. The van der Waals surface area contributed by atoms with Crippen molar-refractivity contribution in [3.8, 4) is 0 Å². The summed E-state index contributed by atoms with van der Waals surface area (Å²) >= 11 is 0. The van der Waals surface area contributed by atoms with Crippen molar-refractivity contribution in [3.05, 3.63) is 12.7 Å². The van der Waals surface area contributed by atoms with Crippen LogP contribution in [0.5, 0.6) is 0 Å². The molecule has 2 unspecified atom stereocenters. The van der Waals surface area contributed by atoms with Crippen LogP contribution in [-0.4, -0.2) is 61.5 Å². The molecule has 0 radical (unpaired) electrons. The third-order valence-electron chi connectivity index (χ3n) is 2.95. The van der Waals surface area contributed by atoms with Crippen LogP contribution in [0.4, 0.5) is 4.79 Å². The van der Waals surface area contributed by atoms with Crippen molar-refractivity contribution in [2.24, 2.45) is 5.92 Å². The van der Waals surface area contributed by atoms with Gasteiger partial charge >= 0.3 is 6.09 Å². The van der Waals surface area contributed by atoms with Gasteiger partial charge in [0.1, 0.15) is 12.7 Å². The molecule has 19 heavy (non-hydrogen) atoms. The molecule has 0 saturated carbocycles. The third kappa shape index (κ3) is 5.15. The van der Waals surface area contributed by atoms with E-state index >= 15 is 0 Å². The average molecular weight is 274 g/mol. The maximum Gasteiger partial charge on any atom is 0.407 e. The van der Waals surface area contributed by atoms with Gasteiger partial charge in [-0.3, -0.25) is 0 Å². The predicted octanol–water partition coefficient (Wildman–Crippen LogP) is -0.798. The van der Waals surface area contributed by atoms with Crippen molar-refractivity contribution in [1.29, 1.82) is 0 Å². The van der Waals surface area contributed by atoms with Crippen molar-refractivity contribution >= 4 is 6.09 Å². The quantitative estimate of drug-likeness (QED) is 0.473. The Hall–Kier alpha value is -1.15. The van der Waals surface area contributed by atoms with E-state index in [1.807, 2.05) is 0 Å². The monoisotopic (exact) mass is 274 g/mol. The van der Waals surface area contributed by atoms with E-state index in [9.17, 15) is 15.0 Å². The number of carbonyl (C=O) groups is 1. The molecule has 4 atom stereocenters. The van der Waals surface area contributed by atoms with E-state index in [-0.39, 0.29) is 25.2 Å². The van der Waals surface area contributed by atoms with Crippen LogP contribution in [0.25, 0.3) is 0 Å². The van der Waals surface area contributed by atoms with Crippen LogP contribution in [0.1, 0.15) is 6.42 Å². The minimum Gasteiger partial charge on any atom is -0.445 e. The minimum atomic E-state index is -1.23. The number of aliphatic hydroxyl groups excluding tert-OH is 2. The Labute approximate surface area is 112 Å². The fourth-order valence-electron chi connectivity index (χ4n) is 2.02. The highest BCUT2D eigenvalue weighted by molar-refractivity contribution is 5.67. The molecule has 1 saturated heterocycles. The molecule has 0 bridgehead atoms. The molecule has 1 rings (SSSR count). The van der Waals surface area contributed by atoms with Crippen LogP contribution >= 0.6 is 0 Å². The number of aliphatic hydroxyl groups is 2. The highest BCUT2D eigenvalue weighted by Gasteiger charge is 2.36. The lowest BCUT2D eigenvalue weighted by molar-refractivity contribution is -0.231. The van der Waals surface area contributed by atoms with E-state index in [1.54, 1.807) is 7.05 Å². The van der Waals surface area contributed by atoms with Crippen LogP contribution in [0, 0.1) is 5.92 Å². The van der Waals surface area contributed by atoms with Crippen LogP contribution < -0.4 is 10.6 Å². The zero-order valence-electron chi connectivity index (χ0n) is 11.0. The number of alkyl carbamates (subject to hydrolysis) is 1. The van der Waals surface area contributed by atoms with Gasteiger partial charge in [-0.15, -0.1) is 0 Å². The normalized spacial score (nSPS) is 30.7. The Morgan fingerprint density at radius 3 is 2.89 bits per heavy atom. The fraction of sp³-hybridized carbons (Fsp3) is 0.750. The van der Waals surface area contributed by atoms with Gasteiger partial charge in [0.2, 0.25) is 0 Å². The second-order valence-electron chi connectivity index (χ2n) is 4.46. The summed E-state index contributed by atoms with van der Waals surface area (Å²) in [6.07, 6.45) is -1.05. The van der Waals surface area contributed by atoms with Crippen LogP contribution in [0.2, 0.25) is 0 Å². The predicted molar refractivity (Wildman–Crippen MR) is 68.5 cm³/mol. The molecule has 110 valence electrons. The fourth-order valence-corrected chi connectivity index (χ4v) is 2.02. The number of hydrogen-bond donors (Lipinski definition) is 4. The summed E-state index contributed by atoms with van der Waals surface area (Å²) in [7, 11) is 1.77. The number of amides is 1. The maximum atomic E-state index is 11.2. The summed E-state index contributed by atoms with van der Waals surface area (Å²) in [5, 5.41) is 24.8. The van der Waals surface area contributed by atoms with E-state index in [4.69, 9.17) is 9.47 Å². The summed E-state index contributed by atoms with van der Waals surface area (Å²) in [5.74, 6) is -0.121. The number of nitrogens with one attached hydrogen (secondary N) is 2. The molecule has 0 aromatic heterocycles. The van der Waals surface area contributed by atoms with Crippen molar-refractivity contribution in [2.45, 2.75) is 24.9 Å². The lowest BCUT2D eigenvalue weighted by Crippen LogP contribution is -2.50. The van der Waals surface area contributed by atoms with Gasteiger partial charge in [0.05, 0.1) is 6.10 Å². The standard InChI is InChI=1S/C12H22N2O5/c1-3-4-18-12(17)14-7-9-5-8(6-13-2)10(15)11(16)19-9/h3,8-11,13,15-16H,1,4-7H2,2H3,(H,14,17)/t8-,9?,10?,11-/m1/s1. The second kappa shape index (κ2) is 8.11. The van der Waals surface area contributed by atoms with Crippen molar-refractivity contribution in [3.63, 3.8) is 0 Å². The highest BCUT2D eigenvalue weighted by atomic mass is 16.6. The molecule has 1 fully saturated rings. The van der Waals surface area contributed by atoms with Gasteiger partial charge in [-0.2, -0.15) is 0 Å². The Morgan fingerprint density at radius 1 is 1.53 bits per heavy atom. The summed E-state index contributed by atoms with van der Waals surface area (Å²) in [5.41, 5.74) is 0. The average Bonchev–Trinajstić information content (AvgIpc) is 2.39. The largest absolute Gasteiger partial charge is 0.445 e. The Bertz CT molecular complexity index is 300. The van der Waals surface area contributed by atoms with Crippen molar-refractivity contribution < 1.29 is 24.5 Å². The van der Waals surface area contributed by atoms with Gasteiger partial charge in [0, 0.05) is 19.0 Å². The van der Waals surface area contributed by atoms with Crippen molar-refractivity contribution in [2.75, 3.05) is 26.7 Å². The first-order chi connectivity index (χ1) is 9.08. The molecule has 1 aliphatic heterocycles. The molecule has 0 aromatic carbocycles. The van der Waals surface area contributed by atoms with Gasteiger partial charge in [0.15, 0.2) is 6.29 Å². The van der Waals surface area contributed by atoms with Gasteiger partial charge in [-0.25, -0.2) is 4.79 Å². The molecule has 0 aromatic rings. The lowest BCUT2D eigenvalue weighted by Gasteiger charge is -2.36. The molecule has 4 N–H and O–H groups in total. The topological polar surface area (TPSA) is 100 Å². The molecule has 1 aliphatic rings. The lowest BCUT2D eigenvalue weighted by atomic mass is 9.92. The Kier molecular flexibility index (Phi) is 6.79. The minimum absolute atomic E-state index is 0.121. The molecular weight excluding hydrogens is 252 g/mol. The van der Waals surface area contributed by atoms with Crippen molar-refractivity contribution in [1.82, 2.24) is 10.6 Å². The summed E-state index contributed by atoms with van der Waals surface area (Å²) in [6.45, 7) is 4.36. The first-order valence-corrected chi connectivity index (χ1v) is 6.26. The first-order valence-electron chi connectivity index (χ1n) is 6.26. The van der Waals surface area contributed by atoms with Crippen LogP contribution in [0.3, 0.4) is 0 Å². The molecular formula is C12H22N2O5. The van der Waals surface area contributed by atoms with Gasteiger partial charge in [0.25, 0.3) is 0 Å². The summed E-state index contributed by atoms with van der Waals surface area (Å²) in [6, 6.07) is 0. The smallest absolute Gasteiger partial charge is 0.407 e. The summed E-state index contributed by atoms with van der Waals surface area (Å²) in [4.78, 5) is 11.2.